The summed E-state index contributed by atoms with van der Waals surface area (Å²) in [5.74, 6) is 0.637. The van der Waals surface area contributed by atoms with Crippen molar-refractivity contribution in [2.45, 2.75) is 38.8 Å². The highest BCUT2D eigenvalue weighted by atomic mass is 16.1. The van der Waals surface area contributed by atoms with Crippen LogP contribution in [0.25, 0.3) is 16.7 Å². The fourth-order valence-corrected chi connectivity index (χ4v) is 3.40. The Bertz CT molecular complexity index is 888. The number of nitrogens with one attached hydrogen (secondary N) is 1. The van der Waals surface area contributed by atoms with Crippen LogP contribution in [0.1, 0.15) is 26.7 Å². The zero-order valence-electron chi connectivity index (χ0n) is 13.2. The van der Waals surface area contributed by atoms with Gasteiger partial charge in [-0.05, 0) is 38.8 Å². The predicted molar refractivity (Wildman–Crippen MR) is 90.1 cm³/mol. The summed E-state index contributed by atoms with van der Waals surface area (Å²) in [6.45, 7) is 4.34. The van der Waals surface area contributed by atoms with Crippen LogP contribution in [-0.2, 0) is 0 Å². The maximum Gasteiger partial charge on any atom is 0.263 e. The Morgan fingerprint density at radius 3 is 2.52 bits per heavy atom. The minimum atomic E-state index is -0.140. The van der Waals surface area contributed by atoms with Crippen molar-refractivity contribution in [3.05, 3.63) is 46.9 Å². The number of H-pyrrole nitrogens is 1. The number of hydrogen-bond donors (Lipinski definition) is 1. The van der Waals surface area contributed by atoms with Crippen LogP contribution in [0.2, 0.25) is 0 Å². The van der Waals surface area contributed by atoms with Gasteiger partial charge in [-0.2, -0.15) is 10.1 Å². The molecule has 0 aliphatic carbocycles. The first-order chi connectivity index (χ1) is 11.1. The van der Waals surface area contributed by atoms with E-state index >= 15 is 0 Å². The quantitative estimate of drug-likeness (QED) is 0.790. The number of para-hydroxylation sites is 1. The Morgan fingerprint density at radius 2 is 1.83 bits per heavy atom. The second-order valence-electron chi connectivity index (χ2n) is 6.20. The summed E-state index contributed by atoms with van der Waals surface area (Å²) in [6.07, 6.45) is 3.80. The van der Waals surface area contributed by atoms with Crippen molar-refractivity contribution >= 4 is 17.0 Å². The van der Waals surface area contributed by atoms with Gasteiger partial charge in [0.1, 0.15) is 5.39 Å². The van der Waals surface area contributed by atoms with Crippen LogP contribution < -0.4 is 10.5 Å². The fourth-order valence-electron chi connectivity index (χ4n) is 3.40. The smallest absolute Gasteiger partial charge is 0.263 e. The molecule has 0 saturated carbocycles. The number of hydrogen-bond acceptors (Lipinski definition) is 4. The first-order valence-corrected chi connectivity index (χ1v) is 7.97. The molecular weight excluding hydrogens is 290 g/mol. The van der Waals surface area contributed by atoms with Gasteiger partial charge >= 0.3 is 0 Å². The first-order valence-electron chi connectivity index (χ1n) is 7.97. The van der Waals surface area contributed by atoms with Gasteiger partial charge in [0.2, 0.25) is 5.95 Å². The number of benzene rings is 1. The van der Waals surface area contributed by atoms with Crippen molar-refractivity contribution in [1.29, 1.82) is 0 Å². The van der Waals surface area contributed by atoms with E-state index in [4.69, 9.17) is 4.98 Å². The molecule has 3 aromatic rings. The lowest BCUT2D eigenvalue weighted by atomic mass is 10.2. The van der Waals surface area contributed by atoms with Crippen LogP contribution in [0, 0.1) is 0 Å². The maximum absolute atomic E-state index is 12.4. The minimum Gasteiger partial charge on any atom is -0.337 e. The van der Waals surface area contributed by atoms with Crippen LogP contribution in [0.15, 0.2) is 41.3 Å². The monoisotopic (exact) mass is 309 g/mol. The van der Waals surface area contributed by atoms with Gasteiger partial charge in [-0.15, -0.1) is 0 Å². The lowest BCUT2D eigenvalue weighted by Crippen LogP contribution is -2.35. The Balaban J connectivity index is 1.91. The number of anilines is 1. The normalized spacial score (nSPS) is 21.2. The van der Waals surface area contributed by atoms with Crippen molar-refractivity contribution in [3.8, 4) is 5.69 Å². The lowest BCUT2D eigenvalue weighted by Gasteiger charge is -2.26. The molecule has 23 heavy (non-hydrogen) atoms. The molecule has 6 nitrogen and oxygen atoms in total. The second-order valence-corrected chi connectivity index (χ2v) is 6.20. The van der Waals surface area contributed by atoms with Gasteiger partial charge < -0.3 is 4.90 Å². The van der Waals surface area contributed by atoms with Crippen LogP contribution in [0.3, 0.4) is 0 Å². The van der Waals surface area contributed by atoms with Crippen molar-refractivity contribution < 1.29 is 0 Å². The third kappa shape index (κ3) is 2.21. The van der Waals surface area contributed by atoms with Gasteiger partial charge in [-0.1, -0.05) is 18.2 Å². The molecule has 0 amide bonds. The van der Waals surface area contributed by atoms with E-state index in [0.29, 0.717) is 29.1 Å². The molecule has 3 heterocycles. The van der Waals surface area contributed by atoms with Crippen LogP contribution in [0.4, 0.5) is 5.95 Å². The highest BCUT2D eigenvalue weighted by Crippen LogP contribution is 2.28. The lowest BCUT2D eigenvalue weighted by molar-refractivity contribution is 0.670. The van der Waals surface area contributed by atoms with Gasteiger partial charge in [0.05, 0.1) is 11.9 Å². The van der Waals surface area contributed by atoms with Crippen molar-refractivity contribution in [1.82, 2.24) is 19.7 Å². The molecule has 1 aromatic carbocycles. The molecule has 1 N–H and O–H groups in total. The SMILES string of the molecule is C[C@@H]1CC[C@H](C)N1c1nc2c(cnn2-c2ccccc2)c(=O)[nH]1. The van der Waals surface area contributed by atoms with Crippen molar-refractivity contribution in [2.24, 2.45) is 0 Å². The Labute approximate surface area is 133 Å². The van der Waals surface area contributed by atoms with Crippen molar-refractivity contribution in [2.75, 3.05) is 4.90 Å². The summed E-state index contributed by atoms with van der Waals surface area (Å²) in [4.78, 5) is 22.3. The molecule has 6 heteroatoms. The molecule has 1 saturated heterocycles. The Hall–Kier alpha value is -2.63. The van der Waals surface area contributed by atoms with Gasteiger partial charge in [0.25, 0.3) is 5.56 Å². The molecular formula is C17H19N5O. The summed E-state index contributed by atoms with van der Waals surface area (Å²) < 4.78 is 1.72. The third-order valence-corrected chi connectivity index (χ3v) is 4.62. The minimum absolute atomic E-state index is 0.140. The number of aromatic amines is 1. The summed E-state index contributed by atoms with van der Waals surface area (Å²) in [6, 6.07) is 10.5. The van der Waals surface area contributed by atoms with Crippen LogP contribution in [0.5, 0.6) is 0 Å². The highest BCUT2D eigenvalue weighted by molar-refractivity contribution is 5.76. The van der Waals surface area contributed by atoms with E-state index in [0.717, 1.165) is 18.5 Å². The Kier molecular flexibility index (Phi) is 3.18. The molecule has 0 radical (unpaired) electrons. The first kappa shape index (κ1) is 14.0. The van der Waals surface area contributed by atoms with Gasteiger partial charge in [0, 0.05) is 12.1 Å². The zero-order chi connectivity index (χ0) is 16.0. The predicted octanol–water partition coefficient (Wildman–Crippen LogP) is 2.49. The summed E-state index contributed by atoms with van der Waals surface area (Å²) in [5.41, 5.74) is 1.36. The van der Waals surface area contributed by atoms with Crippen molar-refractivity contribution in [3.63, 3.8) is 0 Å². The molecule has 1 aliphatic heterocycles. The van der Waals surface area contributed by atoms with E-state index in [1.165, 1.54) is 0 Å². The van der Waals surface area contributed by atoms with Gasteiger partial charge in [-0.25, -0.2) is 4.68 Å². The molecule has 1 aliphatic rings. The Morgan fingerprint density at radius 1 is 1.13 bits per heavy atom. The average Bonchev–Trinajstić information content (AvgIpc) is 3.12. The van der Waals surface area contributed by atoms with Crippen LogP contribution >= 0.6 is 0 Å². The molecule has 0 bridgehead atoms. The number of aromatic nitrogens is 4. The van der Waals surface area contributed by atoms with Gasteiger partial charge in [0.15, 0.2) is 5.65 Å². The standard InChI is InChI=1S/C17H19N5O/c1-11-8-9-12(2)21(11)17-19-15-14(16(23)20-17)10-18-22(15)13-6-4-3-5-7-13/h3-7,10-12H,8-9H2,1-2H3,(H,19,20,23)/t11-,12+. The summed E-state index contributed by atoms with van der Waals surface area (Å²) in [5, 5.41) is 4.86. The van der Waals surface area contributed by atoms with E-state index < -0.39 is 0 Å². The van der Waals surface area contributed by atoms with E-state index in [9.17, 15) is 4.79 Å². The topological polar surface area (TPSA) is 66.8 Å². The third-order valence-electron chi connectivity index (χ3n) is 4.62. The molecule has 0 unspecified atom stereocenters. The molecule has 0 spiro atoms. The average molecular weight is 309 g/mol. The molecule has 2 atom stereocenters. The number of nitrogens with zero attached hydrogens (tertiary/aromatic N) is 4. The van der Waals surface area contributed by atoms with E-state index in [2.05, 4.69) is 28.8 Å². The van der Waals surface area contributed by atoms with E-state index in [-0.39, 0.29) is 5.56 Å². The summed E-state index contributed by atoms with van der Waals surface area (Å²) in [7, 11) is 0. The molecule has 2 aromatic heterocycles. The largest absolute Gasteiger partial charge is 0.337 e. The number of fused-ring (bicyclic) bond motifs is 1. The highest BCUT2D eigenvalue weighted by Gasteiger charge is 2.29. The molecule has 118 valence electrons. The van der Waals surface area contributed by atoms with E-state index in [1.54, 1.807) is 10.9 Å². The van der Waals surface area contributed by atoms with Crippen LogP contribution in [-0.4, -0.2) is 31.8 Å². The molecule has 4 rings (SSSR count). The fraction of sp³-hybridized carbons (Fsp3) is 0.353. The molecule has 1 fully saturated rings. The second kappa shape index (κ2) is 5.22. The zero-order valence-corrected chi connectivity index (χ0v) is 13.2. The van der Waals surface area contributed by atoms with Gasteiger partial charge in [-0.3, -0.25) is 9.78 Å². The van der Waals surface area contributed by atoms with E-state index in [1.807, 2.05) is 30.3 Å². The number of rotatable bonds is 2. The summed E-state index contributed by atoms with van der Waals surface area (Å²) >= 11 is 0. The maximum atomic E-state index is 12.4.